The van der Waals surface area contributed by atoms with Crippen molar-refractivity contribution in [2.24, 2.45) is 0 Å². The van der Waals surface area contributed by atoms with Crippen LogP contribution < -0.4 is 5.56 Å². The molecule has 0 bridgehead atoms. The summed E-state index contributed by atoms with van der Waals surface area (Å²) < 4.78 is 34.1. The molecule has 6 nitrogen and oxygen atoms in total. The zero-order valence-electron chi connectivity index (χ0n) is 12.7. The van der Waals surface area contributed by atoms with Gasteiger partial charge in [0.2, 0.25) is 0 Å². The summed E-state index contributed by atoms with van der Waals surface area (Å²) in [6, 6.07) is 15.2. The Hall–Kier alpha value is -3.03. The molecule has 122 valence electrons. The molecule has 5 aromatic rings. The number of pyridine rings is 1. The molecule has 7 heteroatoms. The van der Waals surface area contributed by atoms with E-state index in [0.29, 0.717) is 27.5 Å². The predicted molar refractivity (Wildman–Crippen MR) is 95.0 cm³/mol. The highest BCUT2D eigenvalue weighted by atomic mass is 32.2. The maximum Gasteiger partial charge on any atom is 0.294 e. The summed E-state index contributed by atoms with van der Waals surface area (Å²) in [7, 11) is -4.42. The first-order chi connectivity index (χ1) is 11.9. The summed E-state index contributed by atoms with van der Waals surface area (Å²) in [6.07, 6.45) is 0. The van der Waals surface area contributed by atoms with Crippen molar-refractivity contribution in [1.29, 1.82) is 0 Å². The third-order valence-corrected chi connectivity index (χ3v) is 5.31. The third-order valence-electron chi connectivity index (χ3n) is 4.48. The minimum Gasteiger partial charge on any atom is -0.282 e. The van der Waals surface area contributed by atoms with Crippen molar-refractivity contribution in [2.75, 3.05) is 0 Å². The lowest BCUT2D eigenvalue weighted by molar-refractivity contribution is 0.483. The van der Waals surface area contributed by atoms with Crippen LogP contribution in [0.25, 0.3) is 38.2 Å². The lowest BCUT2D eigenvalue weighted by Gasteiger charge is -2.08. The van der Waals surface area contributed by atoms with Gasteiger partial charge in [-0.25, -0.2) is 4.98 Å². The van der Waals surface area contributed by atoms with Crippen LogP contribution in [0.4, 0.5) is 0 Å². The summed E-state index contributed by atoms with van der Waals surface area (Å²) in [6.45, 7) is 0. The first kappa shape index (κ1) is 14.3. The Morgan fingerprint density at radius 1 is 0.960 bits per heavy atom. The second kappa shape index (κ2) is 4.53. The van der Waals surface area contributed by atoms with E-state index < -0.39 is 10.1 Å². The molecule has 0 amide bonds. The summed E-state index contributed by atoms with van der Waals surface area (Å²) in [5.41, 5.74) is 1.51. The van der Waals surface area contributed by atoms with Crippen molar-refractivity contribution in [3.8, 4) is 0 Å². The van der Waals surface area contributed by atoms with E-state index in [-0.39, 0.29) is 15.8 Å². The SMILES string of the molecule is O=c1c2cc(S(=O)(=O)O)cc3cccc(c32)c2nc3ccccc3n12. The van der Waals surface area contributed by atoms with Gasteiger partial charge in [-0.2, -0.15) is 8.42 Å². The van der Waals surface area contributed by atoms with Crippen molar-refractivity contribution in [3.05, 3.63) is 65.0 Å². The van der Waals surface area contributed by atoms with Crippen LogP contribution in [0.15, 0.2) is 64.3 Å². The highest BCUT2D eigenvalue weighted by Crippen LogP contribution is 2.31. The fraction of sp³-hybridized carbons (Fsp3) is 0. The molecule has 0 spiro atoms. The summed E-state index contributed by atoms with van der Waals surface area (Å²) >= 11 is 0. The van der Waals surface area contributed by atoms with E-state index in [2.05, 4.69) is 4.98 Å². The van der Waals surface area contributed by atoms with Crippen LogP contribution in [0.2, 0.25) is 0 Å². The van der Waals surface area contributed by atoms with E-state index in [1.165, 1.54) is 16.5 Å². The average molecular weight is 350 g/mol. The van der Waals surface area contributed by atoms with E-state index in [4.69, 9.17) is 0 Å². The predicted octanol–water partition coefficient (Wildman–Crippen LogP) is 2.84. The summed E-state index contributed by atoms with van der Waals surface area (Å²) in [5.74, 6) is 0. The molecular weight excluding hydrogens is 340 g/mol. The Morgan fingerprint density at radius 2 is 1.76 bits per heavy atom. The number of para-hydroxylation sites is 2. The molecule has 5 rings (SSSR count). The van der Waals surface area contributed by atoms with Gasteiger partial charge in [0.1, 0.15) is 5.65 Å². The molecule has 0 aliphatic rings. The first-order valence-corrected chi connectivity index (χ1v) is 8.96. The van der Waals surface area contributed by atoms with Crippen LogP contribution in [0.5, 0.6) is 0 Å². The number of hydrogen-bond acceptors (Lipinski definition) is 4. The van der Waals surface area contributed by atoms with E-state index in [1.54, 1.807) is 18.2 Å². The number of fused-ring (bicyclic) bond motifs is 4. The lowest BCUT2D eigenvalue weighted by Crippen LogP contribution is -2.14. The molecule has 0 aliphatic heterocycles. The summed E-state index contributed by atoms with van der Waals surface area (Å²) in [5, 5.41) is 2.19. The van der Waals surface area contributed by atoms with Crippen LogP contribution in [-0.4, -0.2) is 22.4 Å². The number of imidazole rings is 1. The van der Waals surface area contributed by atoms with Gasteiger partial charge in [-0.1, -0.05) is 30.3 Å². The fourth-order valence-corrected chi connectivity index (χ4v) is 3.98. The fourth-order valence-electron chi connectivity index (χ4n) is 3.44. The Balaban J connectivity index is 2.17. The highest BCUT2D eigenvalue weighted by Gasteiger charge is 2.19. The molecule has 0 atom stereocenters. The maximum absolute atomic E-state index is 13.1. The quantitative estimate of drug-likeness (QED) is 0.470. The van der Waals surface area contributed by atoms with Gasteiger partial charge in [0.15, 0.2) is 0 Å². The van der Waals surface area contributed by atoms with Gasteiger partial charge in [-0.15, -0.1) is 0 Å². The van der Waals surface area contributed by atoms with E-state index in [1.807, 2.05) is 24.3 Å². The van der Waals surface area contributed by atoms with E-state index in [0.717, 1.165) is 5.39 Å². The Morgan fingerprint density at radius 3 is 2.56 bits per heavy atom. The van der Waals surface area contributed by atoms with Gasteiger partial charge in [0, 0.05) is 10.8 Å². The molecule has 1 N–H and O–H groups in total. The number of benzene rings is 3. The molecule has 0 radical (unpaired) electrons. The van der Waals surface area contributed by atoms with Gasteiger partial charge in [-0.3, -0.25) is 13.7 Å². The van der Waals surface area contributed by atoms with E-state index in [9.17, 15) is 17.8 Å². The topological polar surface area (TPSA) is 88.7 Å². The number of aromatic nitrogens is 2. The van der Waals surface area contributed by atoms with Crippen molar-refractivity contribution in [2.45, 2.75) is 4.90 Å². The molecule has 25 heavy (non-hydrogen) atoms. The maximum atomic E-state index is 13.1. The van der Waals surface area contributed by atoms with E-state index >= 15 is 0 Å². The van der Waals surface area contributed by atoms with Crippen LogP contribution >= 0.6 is 0 Å². The molecular formula is C18H10N2O4S. The zero-order valence-corrected chi connectivity index (χ0v) is 13.5. The van der Waals surface area contributed by atoms with Gasteiger partial charge < -0.3 is 0 Å². The van der Waals surface area contributed by atoms with Crippen LogP contribution in [0.1, 0.15) is 0 Å². The molecule has 0 aliphatic carbocycles. The van der Waals surface area contributed by atoms with Crippen LogP contribution in [0.3, 0.4) is 0 Å². The molecule has 0 fully saturated rings. The normalized spacial score (nSPS) is 12.7. The third kappa shape index (κ3) is 1.84. The van der Waals surface area contributed by atoms with Gasteiger partial charge in [-0.05, 0) is 29.7 Å². The number of nitrogens with zero attached hydrogens (tertiary/aromatic N) is 2. The monoisotopic (exact) mass is 350 g/mol. The molecule has 0 unspecified atom stereocenters. The van der Waals surface area contributed by atoms with Crippen LogP contribution in [-0.2, 0) is 10.1 Å². The molecule has 3 aromatic carbocycles. The van der Waals surface area contributed by atoms with Crippen molar-refractivity contribution < 1.29 is 13.0 Å². The highest BCUT2D eigenvalue weighted by molar-refractivity contribution is 7.85. The minimum absolute atomic E-state index is 0.233. The standard InChI is InChI=1S/C18H10N2O4S/c21-18-13-9-11(25(22,23)24)8-10-4-3-5-12(16(10)13)17-19-14-6-1-2-7-15(14)20(17)18/h1-9H,(H,22,23,24). The largest absolute Gasteiger partial charge is 0.294 e. The van der Waals surface area contributed by atoms with Crippen molar-refractivity contribution in [3.63, 3.8) is 0 Å². The smallest absolute Gasteiger partial charge is 0.282 e. The first-order valence-electron chi connectivity index (χ1n) is 7.52. The molecule has 0 saturated heterocycles. The van der Waals surface area contributed by atoms with Crippen molar-refractivity contribution >= 4 is 48.3 Å². The minimum atomic E-state index is -4.42. The van der Waals surface area contributed by atoms with Gasteiger partial charge >= 0.3 is 0 Å². The Kier molecular flexibility index (Phi) is 2.60. The summed E-state index contributed by atoms with van der Waals surface area (Å²) in [4.78, 5) is 17.4. The number of rotatable bonds is 1. The number of hydrogen-bond donors (Lipinski definition) is 1. The zero-order chi connectivity index (χ0) is 17.3. The molecule has 0 saturated carbocycles. The average Bonchev–Trinajstić information content (AvgIpc) is 2.98. The lowest BCUT2D eigenvalue weighted by atomic mass is 10.0. The Labute approximate surface area is 141 Å². The van der Waals surface area contributed by atoms with Crippen molar-refractivity contribution in [1.82, 2.24) is 9.38 Å². The molecule has 2 aromatic heterocycles. The van der Waals surface area contributed by atoms with Crippen LogP contribution in [0, 0.1) is 0 Å². The van der Waals surface area contributed by atoms with Gasteiger partial charge in [0.25, 0.3) is 15.7 Å². The Bertz CT molecular complexity index is 1490. The van der Waals surface area contributed by atoms with Gasteiger partial charge in [0.05, 0.1) is 21.3 Å². The molecule has 2 heterocycles. The second-order valence-corrected chi connectivity index (χ2v) is 7.34. The second-order valence-electron chi connectivity index (χ2n) is 5.91.